The standard InChI is InChI=1S/C14H23N3OS.ClH/c1-10(2)7-11-5-3-4-6-17(11)14(18)12-9-19-13(8-15)16-12;/h9-11H,3-8,15H2,1-2H3;1H. The Morgan fingerprint density at radius 1 is 1.55 bits per heavy atom. The summed E-state index contributed by atoms with van der Waals surface area (Å²) in [7, 11) is 0. The van der Waals surface area contributed by atoms with Crippen molar-refractivity contribution in [2.75, 3.05) is 6.54 Å². The van der Waals surface area contributed by atoms with Crippen molar-refractivity contribution in [3.8, 4) is 0 Å². The van der Waals surface area contributed by atoms with Crippen molar-refractivity contribution in [3.05, 3.63) is 16.1 Å². The number of nitrogens with two attached hydrogens (primary N) is 1. The molecule has 2 rings (SSSR count). The highest BCUT2D eigenvalue weighted by atomic mass is 35.5. The van der Waals surface area contributed by atoms with Gasteiger partial charge in [-0.3, -0.25) is 4.79 Å². The van der Waals surface area contributed by atoms with E-state index < -0.39 is 0 Å². The number of likely N-dealkylation sites (tertiary alicyclic amines) is 1. The molecule has 1 saturated heterocycles. The molecule has 1 aromatic rings. The molecule has 2 N–H and O–H groups in total. The average Bonchev–Trinajstić information content (AvgIpc) is 2.86. The lowest BCUT2D eigenvalue weighted by Gasteiger charge is -2.36. The number of amides is 1. The van der Waals surface area contributed by atoms with Crippen molar-refractivity contribution in [2.45, 2.75) is 52.1 Å². The van der Waals surface area contributed by atoms with Gasteiger partial charge in [0.15, 0.2) is 0 Å². The van der Waals surface area contributed by atoms with E-state index in [0.29, 0.717) is 24.2 Å². The van der Waals surface area contributed by atoms with Gasteiger partial charge in [-0.25, -0.2) is 4.98 Å². The first-order valence-electron chi connectivity index (χ1n) is 7.07. The molecule has 0 saturated carbocycles. The molecule has 0 radical (unpaired) electrons. The minimum atomic E-state index is 0. The van der Waals surface area contributed by atoms with Gasteiger partial charge >= 0.3 is 0 Å². The van der Waals surface area contributed by atoms with Gasteiger partial charge in [-0.2, -0.15) is 0 Å². The Morgan fingerprint density at radius 3 is 2.90 bits per heavy atom. The molecule has 1 atom stereocenters. The van der Waals surface area contributed by atoms with Crippen LogP contribution in [0.25, 0.3) is 0 Å². The molecule has 20 heavy (non-hydrogen) atoms. The summed E-state index contributed by atoms with van der Waals surface area (Å²) in [5.41, 5.74) is 6.13. The summed E-state index contributed by atoms with van der Waals surface area (Å²) < 4.78 is 0. The Hall–Kier alpha value is -0.650. The third-order valence-electron chi connectivity index (χ3n) is 3.58. The van der Waals surface area contributed by atoms with E-state index in [1.807, 2.05) is 10.3 Å². The van der Waals surface area contributed by atoms with Crippen molar-refractivity contribution >= 4 is 29.7 Å². The van der Waals surface area contributed by atoms with E-state index in [9.17, 15) is 4.79 Å². The Morgan fingerprint density at radius 2 is 2.30 bits per heavy atom. The van der Waals surface area contributed by atoms with Crippen LogP contribution in [-0.4, -0.2) is 28.4 Å². The van der Waals surface area contributed by atoms with Crippen LogP contribution in [0, 0.1) is 5.92 Å². The fourth-order valence-electron chi connectivity index (χ4n) is 2.71. The summed E-state index contributed by atoms with van der Waals surface area (Å²) in [5.74, 6) is 0.703. The number of hydrogen-bond acceptors (Lipinski definition) is 4. The lowest BCUT2D eigenvalue weighted by Crippen LogP contribution is -2.44. The van der Waals surface area contributed by atoms with Crippen molar-refractivity contribution in [1.82, 2.24) is 9.88 Å². The predicted molar refractivity (Wildman–Crippen MR) is 85.4 cm³/mol. The third-order valence-corrected chi connectivity index (χ3v) is 4.45. The number of thiazole rings is 1. The van der Waals surface area contributed by atoms with Gasteiger partial charge in [-0.15, -0.1) is 23.7 Å². The van der Waals surface area contributed by atoms with Crippen LogP contribution in [0.3, 0.4) is 0 Å². The fourth-order valence-corrected chi connectivity index (χ4v) is 3.36. The molecule has 1 amide bonds. The molecule has 1 aromatic heterocycles. The second kappa shape index (κ2) is 7.96. The Bertz CT molecular complexity index is 436. The first-order valence-corrected chi connectivity index (χ1v) is 7.95. The maximum atomic E-state index is 12.6. The summed E-state index contributed by atoms with van der Waals surface area (Å²) in [6.07, 6.45) is 4.54. The largest absolute Gasteiger partial charge is 0.334 e. The molecule has 0 aromatic carbocycles. The van der Waals surface area contributed by atoms with Crippen LogP contribution in [-0.2, 0) is 6.54 Å². The van der Waals surface area contributed by atoms with E-state index in [4.69, 9.17) is 5.73 Å². The first kappa shape index (κ1) is 17.4. The summed E-state index contributed by atoms with van der Waals surface area (Å²) in [6.45, 7) is 5.71. The van der Waals surface area contributed by atoms with Crippen molar-refractivity contribution in [3.63, 3.8) is 0 Å². The normalized spacial score (nSPS) is 19.0. The van der Waals surface area contributed by atoms with Crippen molar-refractivity contribution < 1.29 is 4.79 Å². The van der Waals surface area contributed by atoms with Gasteiger partial charge in [-0.05, 0) is 31.6 Å². The van der Waals surface area contributed by atoms with Gasteiger partial charge in [0.1, 0.15) is 10.7 Å². The zero-order valence-electron chi connectivity index (χ0n) is 12.2. The average molecular weight is 318 g/mol. The SMILES string of the molecule is CC(C)CC1CCCCN1C(=O)c1csc(CN)n1.Cl. The maximum absolute atomic E-state index is 12.6. The van der Waals surface area contributed by atoms with E-state index in [1.54, 1.807) is 0 Å². The minimum Gasteiger partial charge on any atom is -0.334 e. The van der Waals surface area contributed by atoms with Gasteiger partial charge in [0.25, 0.3) is 5.91 Å². The Balaban J connectivity index is 0.00000200. The van der Waals surface area contributed by atoms with Crippen LogP contribution < -0.4 is 5.73 Å². The summed E-state index contributed by atoms with van der Waals surface area (Å²) in [5, 5.41) is 2.67. The molecule has 4 nitrogen and oxygen atoms in total. The van der Waals surface area contributed by atoms with Gasteiger partial charge in [0, 0.05) is 24.5 Å². The van der Waals surface area contributed by atoms with Gasteiger partial charge in [0.05, 0.1) is 0 Å². The molecule has 114 valence electrons. The van der Waals surface area contributed by atoms with Crippen LogP contribution in [0.5, 0.6) is 0 Å². The maximum Gasteiger partial charge on any atom is 0.273 e. The first-order chi connectivity index (χ1) is 9.11. The number of piperidine rings is 1. The van der Waals surface area contributed by atoms with Crippen LogP contribution in [0.1, 0.15) is 55.0 Å². The number of carbonyl (C=O) groups is 1. The highest BCUT2D eigenvalue weighted by molar-refractivity contribution is 7.09. The number of rotatable bonds is 4. The Kier molecular flexibility index (Phi) is 6.92. The van der Waals surface area contributed by atoms with Crippen LogP contribution >= 0.6 is 23.7 Å². The number of nitrogens with zero attached hydrogens (tertiary/aromatic N) is 2. The second-order valence-corrected chi connectivity index (χ2v) is 6.55. The molecular formula is C14H24ClN3OS. The molecule has 2 heterocycles. The number of hydrogen-bond donors (Lipinski definition) is 1. The molecule has 1 aliphatic rings. The summed E-state index contributed by atoms with van der Waals surface area (Å²) in [6, 6.07) is 0.379. The van der Waals surface area contributed by atoms with E-state index in [2.05, 4.69) is 18.8 Å². The fraction of sp³-hybridized carbons (Fsp3) is 0.714. The quantitative estimate of drug-likeness (QED) is 0.928. The van der Waals surface area contributed by atoms with Crippen LogP contribution in [0.4, 0.5) is 0 Å². The smallest absolute Gasteiger partial charge is 0.273 e. The van der Waals surface area contributed by atoms with Crippen molar-refractivity contribution in [2.24, 2.45) is 11.7 Å². The summed E-state index contributed by atoms with van der Waals surface area (Å²) >= 11 is 1.47. The molecule has 6 heteroatoms. The van der Waals surface area contributed by atoms with E-state index in [-0.39, 0.29) is 18.3 Å². The highest BCUT2D eigenvalue weighted by Crippen LogP contribution is 2.25. The highest BCUT2D eigenvalue weighted by Gasteiger charge is 2.29. The predicted octanol–water partition coefficient (Wildman–Crippen LogP) is 3.06. The van der Waals surface area contributed by atoms with Gasteiger partial charge in [0.2, 0.25) is 0 Å². The van der Waals surface area contributed by atoms with E-state index in [0.717, 1.165) is 30.8 Å². The Labute approximate surface area is 131 Å². The lowest BCUT2D eigenvalue weighted by atomic mass is 9.94. The van der Waals surface area contributed by atoms with E-state index in [1.165, 1.54) is 17.8 Å². The van der Waals surface area contributed by atoms with Crippen LogP contribution in [0.2, 0.25) is 0 Å². The zero-order valence-corrected chi connectivity index (χ0v) is 13.8. The monoisotopic (exact) mass is 317 g/mol. The molecular weight excluding hydrogens is 294 g/mol. The molecule has 0 aliphatic carbocycles. The van der Waals surface area contributed by atoms with E-state index >= 15 is 0 Å². The molecule has 0 bridgehead atoms. The zero-order chi connectivity index (χ0) is 13.8. The number of aromatic nitrogens is 1. The molecule has 0 spiro atoms. The topological polar surface area (TPSA) is 59.2 Å². The van der Waals surface area contributed by atoms with Gasteiger partial charge < -0.3 is 10.6 Å². The summed E-state index contributed by atoms with van der Waals surface area (Å²) in [4.78, 5) is 18.9. The number of halogens is 1. The molecule has 1 fully saturated rings. The lowest BCUT2D eigenvalue weighted by molar-refractivity contribution is 0.0579. The van der Waals surface area contributed by atoms with Gasteiger partial charge in [-0.1, -0.05) is 13.8 Å². The molecule has 1 aliphatic heterocycles. The minimum absolute atomic E-state index is 0. The van der Waals surface area contributed by atoms with Crippen molar-refractivity contribution in [1.29, 1.82) is 0 Å². The number of carbonyl (C=O) groups excluding carboxylic acids is 1. The second-order valence-electron chi connectivity index (χ2n) is 5.61. The molecule has 1 unspecified atom stereocenters. The third kappa shape index (κ3) is 4.17. The van der Waals surface area contributed by atoms with Crippen LogP contribution in [0.15, 0.2) is 5.38 Å².